The molecule has 0 spiro atoms. The fourth-order valence-corrected chi connectivity index (χ4v) is 13.3. The Kier molecular flexibility index (Phi) is 30.0. The van der Waals surface area contributed by atoms with E-state index in [2.05, 4.69) is 162 Å². The maximum atomic E-state index is 12.5. The molecule has 492 valence electrons. The zero-order chi connectivity index (χ0) is 65.0. The first kappa shape index (κ1) is 70.2. The Bertz CT molecular complexity index is 3600. The first-order valence-electron chi connectivity index (χ1n) is 36.9. The van der Waals surface area contributed by atoms with Crippen LogP contribution >= 0.6 is 0 Å². The van der Waals surface area contributed by atoms with Gasteiger partial charge in [0.2, 0.25) is 0 Å². The molecule has 2 N–H and O–H groups in total. The lowest BCUT2D eigenvalue weighted by molar-refractivity contribution is 0.0526. The van der Waals surface area contributed by atoms with Gasteiger partial charge in [-0.3, -0.25) is 0 Å². The van der Waals surface area contributed by atoms with Gasteiger partial charge in [-0.25, -0.2) is 14.8 Å². The second-order valence-corrected chi connectivity index (χ2v) is 26.2. The Balaban J connectivity index is 0.953. The molecule has 0 fully saturated rings. The molecule has 5 heterocycles. The smallest absolute Gasteiger partial charge is 0.338 e. The van der Waals surface area contributed by atoms with E-state index in [0.29, 0.717) is 29.1 Å². The lowest BCUT2D eigenvalue weighted by Gasteiger charge is -2.25. The number of rotatable bonds is 39. The highest BCUT2D eigenvalue weighted by atomic mass is 16.5. The molecule has 7 heteroatoms. The van der Waals surface area contributed by atoms with Crippen molar-refractivity contribution in [2.45, 2.75) is 226 Å². The summed E-state index contributed by atoms with van der Waals surface area (Å²) in [4.78, 5) is 33.6. The Hall–Kier alpha value is -8.13. The molecule has 3 aromatic heterocycles. The van der Waals surface area contributed by atoms with Crippen molar-refractivity contribution in [1.29, 1.82) is 0 Å². The van der Waals surface area contributed by atoms with Crippen LogP contribution in [-0.2, 0) is 4.74 Å². The highest BCUT2D eigenvalue weighted by Crippen LogP contribution is 2.35. The largest absolute Gasteiger partial charge is 0.462 e. The second-order valence-electron chi connectivity index (χ2n) is 26.2. The van der Waals surface area contributed by atoms with Crippen LogP contribution in [0.1, 0.15) is 282 Å². The van der Waals surface area contributed by atoms with Gasteiger partial charge in [-0.1, -0.05) is 291 Å². The number of esters is 1. The number of nitrogens with zero attached hydrogens (tertiary/aromatic N) is 3. The maximum absolute atomic E-state index is 12.5. The Morgan fingerprint density at radius 2 is 0.702 bits per heavy atom. The summed E-state index contributed by atoms with van der Waals surface area (Å²) >= 11 is 0. The maximum Gasteiger partial charge on any atom is 0.338 e. The number of aromatic nitrogens is 4. The normalized spacial score (nSPS) is 11.6. The average molecular weight is 1250 g/mol. The molecule has 4 aromatic carbocycles. The molecule has 0 unspecified atom stereocenters. The van der Waals surface area contributed by atoms with E-state index in [-0.39, 0.29) is 5.97 Å². The highest BCUT2D eigenvalue weighted by molar-refractivity contribution is 5.95. The van der Waals surface area contributed by atoms with Crippen LogP contribution in [0.3, 0.4) is 0 Å². The summed E-state index contributed by atoms with van der Waals surface area (Å²) in [6.07, 6.45) is 52.6. The number of carbonyl (C=O) groups excluding carboxylic acids is 1. The van der Waals surface area contributed by atoms with Gasteiger partial charge in [0, 0.05) is 52.1 Å². The van der Waals surface area contributed by atoms with Crippen molar-refractivity contribution in [3.63, 3.8) is 0 Å². The summed E-state index contributed by atoms with van der Waals surface area (Å²) in [6.45, 7) is 8.93. The fraction of sp³-hybridized carbons (Fsp3) is 0.437. The van der Waals surface area contributed by atoms with Gasteiger partial charge in [-0.2, -0.15) is 0 Å². The van der Waals surface area contributed by atoms with Crippen LogP contribution in [0.2, 0.25) is 0 Å². The predicted molar refractivity (Wildman–Crippen MR) is 402 cm³/mol. The van der Waals surface area contributed by atoms with Gasteiger partial charge in [0.1, 0.15) is 0 Å². The van der Waals surface area contributed by atoms with Gasteiger partial charge in [0.15, 0.2) is 0 Å². The third-order valence-corrected chi connectivity index (χ3v) is 18.7. The molecular weight excluding hydrogens is 1150 g/mol. The molecule has 8 bridgehead atoms. The number of fused-ring (bicyclic) bond motifs is 8. The second kappa shape index (κ2) is 40.2. The predicted octanol–water partition coefficient (Wildman–Crippen LogP) is 24.3. The van der Waals surface area contributed by atoms with Gasteiger partial charge in [0.25, 0.3) is 0 Å². The zero-order valence-corrected chi connectivity index (χ0v) is 57.4. The van der Waals surface area contributed by atoms with Crippen molar-refractivity contribution in [2.75, 3.05) is 24.6 Å². The van der Waals surface area contributed by atoms with Gasteiger partial charge in [0.05, 0.1) is 57.1 Å². The van der Waals surface area contributed by atoms with Crippen LogP contribution in [0, 0.1) is 23.7 Å². The lowest BCUT2D eigenvalue weighted by atomic mass is 10.0. The molecule has 0 atom stereocenters. The molecule has 0 saturated carbocycles. The molecule has 0 aliphatic carbocycles. The van der Waals surface area contributed by atoms with Gasteiger partial charge in [-0.05, 0) is 128 Å². The summed E-state index contributed by atoms with van der Waals surface area (Å²) in [5, 5.41) is 0. The number of anilines is 1. The number of H-pyrrole nitrogens is 2. The van der Waals surface area contributed by atoms with Crippen molar-refractivity contribution in [2.24, 2.45) is 0 Å². The van der Waals surface area contributed by atoms with Crippen LogP contribution < -0.4 is 4.90 Å². The van der Waals surface area contributed by atoms with E-state index >= 15 is 0 Å². The van der Waals surface area contributed by atoms with E-state index in [4.69, 9.17) is 14.7 Å². The number of unbranched alkanes of at least 4 members (excludes halogenated alkanes) is 30. The third-order valence-electron chi connectivity index (χ3n) is 18.7. The van der Waals surface area contributed by atoms with E-state index in [0.717, 1.165) is 85.5 Å². The van der Waals surface area contributed by atoms with Crippen molar-refractivity contribution in [1.82, 2.24) is 19.9 Å². The van der Waals surface area contributed by atoms with Crippen molar-refractivity contribution in [3.8, 4) is 45.9 Å². The van der Waals surface area contributed by atoms with Crippen LogP contribution in [0.25, 0.3) is 68.6 Å². The average Bonchev–Trinajstić information content (AvgIpc) is 1.71. The number of hydrogen-bond donors (Lipinski definition) is 2. The number of carbonyl (C=O) groups is 1. The minimum atomic E-state index is -0.356. The van der Waals surface area contributed by atoms with Gasteiger partial charge < -0.3 is 19.6 Å². The topological polar surface area (TPSA) is 86.9 Å². The summed E-state index contributed by atoms with van der Waals surface area (Å²) in [5.41, 5.74) is 15.7. The number of hydrogen-bond acceptors (Lipinski definition) is 5. The molecular formula is C87H107N5O2. The SMILES string of the molecule is CCCCCCCCCCCCCCCCCCN(CCCCCCCCCCCCCCCCCC)c1ccc(C#Cc2c3ccc([nH]3)c(-c3ccccc3)c3nc(c(C#Cc4ccc(C(=O)OCC)cc4)c4nc(c(-c5ccccc5)c5ccc2[nH]5)C=C4)C=C3)cc1. The number of ether oxygens (including phenoxy) is 1. The Morgan fingerprint density at radius 3 is 1.09 bits per heavy atom. The number of nitrogens with one attached hydrogen (secondary N) is 2. The summed E-state index contributed by atoms with van der Waals surface area (Å²) < 4.78 is 5.25. The molecule has 7 aromatic rings. The third kappa shape index (κ3) is 22.3. The van der Waals surface area contributed by atoms with Crippen LogP contribution in [0.4, 0.5) is 5.69 Å². The first-order valence-corrected chi connectivity index (χ1v) is 36.9. The van der Waals surface area contributed by atoms with E-state index in [1.165, 1.54) is 211 Å². The van der Waals surface area contributed by atoms with Crippen LogP contribution in [0.5, 0.6) is 0 Å². The molecule has 0 amide bonds. The quantitative estimate of drug-likeness (QED) is 0.0228. The molecule has 2 aliphatic heterocycles. The van der Waals surface area contributed by atoms with E-state index in [1.807, 2.05) is 36.4 Å². The molecule has 94 heavy (non-hydrogen) atoms. The Morgan fingerprint density at radius 1 is 0.362 bits per heavy atom. The minimum absolute atomic E-state index is 0.313. The summed E-state index contributed by atoms with van der Waals surface area (Å²) in [6, 6.07) is 45.8. The van der Waals surface area contributed by atoms with Crippen molar-refractivity contribution >= 4 is 58.0 Å². The minimum Gasteiger partial charge on any atom is -0.462 e. The van der Waals surface area contributed by atoms with E-state index in [9.17, 15) is 4.79 Å². The zero-order valence-electron chi connectivity index (χ0n) is 57.4. The molecule has 0 radical (unpaired) electrons. The number of benzene rings is 4. The lowest BCUT2D eigenvalue weighted by Crippen LogP contribution is -2.25. The van der Waals surface area contributed by atoms with Crippen molar-refractivity contribution < 1.29 is 9.53 Å². The van der Waals surface area contributed by atoms with Crippen LogP contribution in [-0.4, -0.2) is 45.6 Å². The first-order chi connectivity index (χ1) is 46.5. The summed E-state index contributed by atoms with van der Waals surface area (Å²) in [5.74, 6) is 13.8. The van der Waals surface area contributed by atoms with Crippen LogP contribution in [0.15, 0.2) is 133 Å². The monoisotopic (exact) mass is 1250 g/mol. The van der Waals surface area contributed by atoms with Gasteiger partial charge >= 0.3 is 5.97 Å². The Labute approximate surface area is 565 Å². The molecule has 2 aliphatic rings. The number of aromatic amines is 2. The highest BCUT2D eigenvalue weighted by Gasteiger charge is 2.18. The summed E-state index contributed by atoms with van der Waals surface area (Å²) in [7, 11) is 0. The molecule has 0 saturated heterocycles. The molecule has 9 rings (SSSR count). The van der Waals surface area contributed by atoms with Crippen molar-refractivity contribution in [3.05, 3.63) is 184 Å². The molecule has 7 nitrogen and oxygen atoms in total. The van der Waals surface area contributed by atoms with E-state index < -0.39 is 0 Å². The van der Waals surface area contributed by atoms with E-state index in [1.54, 1.807) is 19.1 Å². The standard InChI is InChI=1S/C87H107N5O2/c1-4-7-9-11-13-15-17-19-21-23-25-27-29-31-33-41-67-92(68-42-34-32-30-28-26-24-22-20-18-16-14-12-10-8-5-2)74-55-49-70(50-56-74)52-58-76-79-61-65-83(90-79)85(71-43-37-35-38-44-71)81-63-59-77(88-81)75(57-51-69-47-53-73(54-48-69)87(93)94-6-3)78-60-64-82(89-78)86(72-45-39-36-40-46-72)84-66-62-80(76)91-84/h35-40,43-50,53-56,59-66,90-91H,4-34,41-42,67-68H2,1-3H3. The van der Waals surface area contributed by atoms with Gasteiger partial charge in [-0.15, -0.1) is 0 Å². The fourth-order valence-electron chi connectivity index (χ4n) is 13.3.